The Bertz CT molecular complexity index is 927. The van der Waals surface area contributed by atoms with Crippen molar-refractivity contribution in [2.45, 2.75) is 12.7 Å². The Hall–Kier alpha value is -3.34. The Morgan fingerprint density at radius 1 is 1.08 bits per heavy atom. The number of nitrogens with one attached hydrogen (secondary N) is 1. The van der Waals surface area contributed by atoms with Gasteiger partial charge in [-0.3, -0.25) is 9.78 Å². The van der Waals surface area contributed by atoms with Crippen LogP contribution in [-0.2, 0) is 6.54 Å². The lowest BCUT2D eigenvalue weighted by atomic mass is 10.2. The molecule has 3 aromatic rings. The topological polar surface area (TPSA) is 54.5 Å². The standard InChI is InChI=1S/C21H19N3O2/c1-26-17-10-5-9-16(13-17)23-20-19-18(11-6-12-22-19)21(25)24(20)14-15-7-3-2-4-8-15/h2-13,20,23H,14H2,1H3/t20-/m0/s1. The molecule has 1 aliphatic rings. The molecule has 0 radical (unpaired) electrons. The molecule has 0 fully saturated rings. The van der Waals surface area contributed by atoms with Gasteiger partial charge in [-0.05, 0) is 29.8 Å². The molecule has 0 saturated carbocycles. The van der Waals surface area contributed by atoms with E-state index in [0.29, 0.717) is 12.1 Å². The molecule has 0 unspecified atom stereocenters. The van der Waals surface area contributed by atoms with Crippen molar-refractivity contribution in [2.24, 2.45) is 0 Å². The van der Waals surface area contributed by atoms with E-state index >= 15 is 0 Å². The summed E-state index contributed by atoms with van der Waals surface area (Å²) in [4.78, 5) is 19.2. The maximum atomic E-state index is 12.9. The van der Waals surface area contributed by atoms with Gasteiger partial charge in [0, 0.05) is 24.5 Å². The average molecular weight is 345 g/mol. The second-order valence-electron chi connectivity index (χ2n) is 6.13. The van der Waals surface area contributed by atoms with E-state index in [1.54, 1.807) is 19.4 Å². The van der Waals surface area contributed by atoms with Gasteiger partial charge in [-0.25, -0.2) is 0 Å². The largest absolute Gasteiger partial charge is 0.497 e. The summed E-state index contributed by atoms with van der Waals surface area (Å²) in [7, 11) is 1.64. The number of hydrogen-bond acceptors (Lipinski definition) is 4. The number of pyridine rings is 1. The van der Waals surface area contributed by atoms with Crippen LogP contribution in [-0.4, -0.2) is 22.9 Å². The molecule has 2 aromatic carbocycles. The monoisotopic (exact) mass is 345 g/mol. The second-order valence-corrected chi connectivity index (χ2v) is 6.13. The number of aromatic nitrogens is 1. The van der Waals surface area contributed by atoms with Gasteiger partial charge in [0.05, 0.1) is 18.4 Å². The molecule has 1 N–H and O–H groups in total. The number of rotatable bonds is 5. The molecule has 0 spiro atoms. The molecule has 1 atom stereocenters. The molecule has 5 heteroatoms. The van der Waals surface area contributed by atoms with E-state index < -0.39 is 0 Å². The van der Waals surface area contributed by atoms with Crippen LogP contribution in [0.1, 0.15) is 27.8 Å². The number of anilines is 1. The van der Waals surface area contributed by atoms with E-state index in [0.717, 1.165) is 22.7 Å². The zero-order valence-corrected chi connectivity index (χ0v) is 14.4. The Morgan fingerprint density at radius 2 is 1.92 bits per heavy atom. The fourth-order valence-corrected chi connectivity index (χ4v) is 3.20. The Kier molecular flexibility index (Phi) is 4.27. The first-order chi connectivity index (χ1) is 12.8. The number of benzene rings is 2. The summed E-state index contributed by atoms with van der Waals surface area (Å²) in [6.45, 7) is 0.512. The van der Waals surface area contributed by atoms with Crippen LogP contribution in [0.15, 0.2) is 72.9 Å². The van der Waals surface area contributed by atoms with Crippen LogP contribution in [0, 0.1) is 0 Å². The number of fused-ring (bicyclic) bond motifs is 1. The highest BCUT2D eigenvalue weighted by atomic mass is 16.5. The van der Waals surface area contributed by atoms with Crippen LogP contribution in [0.3, 0.4) is 0 Å². The number of carbonyl (C=O) groups excluding carboxylic acids is 1. The maximum Gasteiger partial charge on any atom is 0.258 e. The van der Waals surface area contributed by atoms with Crippen LogP contribution < -0.4 is 10.1 Å². The van der Waals surface area contributed by atoms with Crippen molar-refractivity contribution in [1.29, 1.82) is 0 Å². The predicted octanol–water partition coefficient (Wildman–Crippen LogP) is 3.86. The zero-order chi connectivity index (χ0) is 17.9. The number of carbonyl (C=O) groups is 1. The SMILES string of the molecule is COc1cccc(N[C@@H]2c3ncccc3C(=O)N2Cc2ccccc2)c1. The van der Waals surface area contributed by atoms with Crippen LogP contribution in [0.4, 0.5) is 5.69 Å². The number of nitrogens with zero attached hydrogens (tertiary/aromatic N) is 2. The Balaban J connectivity index is 1.68. The molecule has 26 heavy (non-hydrogen) atoms. The first-order valence-corrected chi connectivity index (χ1v) is 8.46. The van der Waals surface area contributed by atoms with Crippen molar-refractivity contribution in [3.8, 4) is 5.75 Å². The van der Waals surface area contributed by atoms with Crippen molar-refractivity contribution in [2.75, 3.05) is 12.4 Å². The average Bonchev–Trinajstić information content (AvgIpc) is 2.95. The number of methoxy groups -OCH3 is 1. The van der Waals surface area contributed by atoms with Crippen molar-refractivity contribution in [1.82, 2.24) is 9.88 Å². The second kappa shape index (κ2) is 6.88. The molecule has 1 aromatic heterocycles. The molecule has 5 nitrogen and oxygen atoms in total. The minimum Gasteiger partial charge on any atom is -0.497 e. The minimum atomic E-state index is -0.328. The van der Waals surface area contributed by atoms with Gasteiger partial charge in [0.1, 0.15) is 11.9 Å². The van der Waals surface area contributed by atoms with Gasteiger partial charge >= 0.3 is 0 Å². The molecule has 0 bridgehead atoms. The van der Waals surface area contributed by atoms with Gasteiger partial charge in [-0.2, -0.15) is 0 Å². The molecular weight excluding hydrogens is 326 g/mol. The Morgan fingerprint density at radius 3 is 2.73 bits per heavy atom. The number of amides is 1. The normalized spacial score (nSPS) is 15.7. The molecule has 4 rings (SSSR count). The number of ether oxygens (including phenoxy) is 1. The minimum absolute atomic E-state index is 0.0163. The van der Waals surface area contributed by atoms with E-state index in [-0.39, 0.29) is 12.1 Å². The predicted molar refractivity (Wildman–Crippen MR) is 99.9 cm³/mol. The van der Waals surface area contributed by atoms with Crippen molar-refractivity contribution in [3.63, 3.8) is 0 Å². The van der Waals surface area contributed by atoms with E-state index in [1.165, 1.54) is 0 Å². The number of hydrogen-bond donors (Lipinski definition) is 1. The van der Waals surface area contributed by atoms with E-state index in [1.807, 2.05) is 65.6 Å². The van der Waals surface area contributed by atoms with Gasteiger partial charge in [-0.15, -0.1) is 0 Å². The quantitative estimate of drug-likeness (QED) is 0.763. The molecule has 1 amide bonds. The first-order valence-electron chi connectivity index (χ1n) is 8.46. The van der Waals surface area contributed by atoms with Gasteiger partial charge < -0.3 is 15.0 Å². The smallest absolute Gasteiger partial charge is 0.258 e. The van der Waals surface area contributed by atoms with Crippen LogP contribution in [0.2, 0.25) is 0 Å². The van der Waals surface area contributed by atoms with Crippen LogP contribution in [0.5, 0.6) is 5.75 Å². The van der Waals surface area contributed by atoms with Crippen LogP contribution >= 0.6 is 0 Å². The van der Waals surface area contributed by atoms with Gasteiger partial charge in [0.25, 0.3) is 5.91 Å². The lowest BCUT2D eigenvalue weighted by Gasteiger charge is -2.26. The molecular formula is C21H19N3O2. The lowest BCUT2D eigenvalue weighted by Crippen LogP contribution is -2.32. The highest BCUT2D eigenvalue weighted by molar-refractivity contribution is 5.98. The van der Waals surface area contributed by atoms with Crippen molar-refractivity contribution in [3.05, 3.63) is 89.7 Å². The summed E-state index contributed by atoms with van der Waals surface area (Å²) in [6.07, 6.45) is 1.39. The van der Waals surface area contributed by atoms with Crippen LogP contribution in [0.25, 0.3) is 0 Å². The molecule has 0 saturated heterocycles. The highest BCUT2D eigenvalue weighted by Gasteiger charge is 2.37. The summed E-state index contributed by atoms with van der Waals surface area (Å²) in [6, 6.07) is 21.3. The highest BCUT2D eigenvalue weighted by Crippen LogP contribution is 2.34. The summed E-state index contributed by atoms with van der Waals surface area (Å²) >= 11 is 0. The first kappa shape index (κ1) is 16.1. The summed E-state index contributed by atoms with van der Waals surface area (Å²) in [5.41, 5.74) is 3.34. The summed E-state index contributed by atoms with van der Waals surface area (Å²) < 4.78 is 5.30. The third-order valence-electron chi connectivity index (χ3n) is 4.47. The van der Waals surface area contributed by atoms with Crippen molar-refractivity contribution >= 4 is 11.6 Å². The zero-order valence-electron chi connectivity index (χ0n) is 14.4. The lowest BCUT2D eigenvalue weighted by molar-refractivity contribution is 0.0728. The van der Waals surface area contributed by atoms with Gasteiger partial charge in [-0.1, -0.05) is 36.4 Å². The van der Waals surface area contributed by atoms with E-state index in [4.69, 9.17) is 4.74 Å². The fraction of sp³-hybridized carbons (Fsp3) is 0.143. The molecule has 130 valence electrons. The van der Waals surface area contributed by atoms with E-state index in [9.17, 15) is 4.79 Å². The van der Waals surface area contributed by atoms with Gasteiger partial charge in [0.2, 0.25) is 0 Å². The third kappa shape index (κ3) is 2.99. The molecule has 2 heterocycles. The molecule has 0 aliphatic carbocycles. The van der Waals surface area contributed by atoms with E-state index in [2.05, 4.69) is 10.3 Å². The third-order valence-corrected chi connectivity index (χ3v) is 4.47. The van der Waals surface area contributed by atoms with Crippen molar-refractivity contribution < 1.29 is 9.53 Å². The summed E-state index contributed by atoms with van der Waals surface area (Å²) in [5, 5.41) is 3.44. The Labute approximate surface area is 152 Å². The van der Waals surface area contributed by atoms with Gasteiger partial charge in [0.15, 0.2) is 0 Å². The fourth-order valence-electron chi connectivity index (χ4n) is 3.20. The summed E-state index contributed by atoms with van der Waals surface area (Å²) in [5.74, 6) is 0.743. The molecule has 1 aliphatic heterocycles. The maximum absolute atomic E-state index is 12.9.